The van der Waals surface area contributed by atoms with Gasteiger partial charge in [0, 0.05) is 5.92 Å². The SMILES string of the molecule is CC(C)C(N)=O.[CH3][Ti]([CH3])[Si](C)(C)C1c2ccccc2-c2ccccc21. The van der Waals surface area contributed by atoms with Crippen LogP contribution in [0.3, 0.4) is 0 Å². The third-order valence-corrected chi connectivity index (χ3v) is 23.5. The summed E-state index contributed by atoms with van der Waals surface area (Å²) in [6, 6.07) is 18.2. The molecular weight excluding hydrogens is 358 g/mol. The van der Waals surface area contributed by atoms with Crippen molar-refractivity contribution in [3.63, 3.8) is 0 Å². The van der Waals surface area contributed by atoms with Crippen molar-refractivity contribution in [2.75, 3.05) is 0 Å². The van der Waals surface area contributed by atoms with Crippen molar-refractivity contribution in [3.05, 3.63) is 59.7 Å². The zero-order valence-electron chi connectivity index (χ0n) is 16.3. The van der Waals surface area contributed by atoms with E-state index in [0.29, 0.717) is 0 Å². The van der Waals surface area contributed by atoms with E-state index in [4.69, 9.17) is 5.73 Å². The molecule has 4 heteroatoms. The van der Waals surface area contributed by atoms with Crippen LogP contribution in [0.2, 0.25) is 23.6 Å². The Morgan fingerprint density at radius 1 is 0.960 bits per heavy atom. The molecule has 133 valence electrons. The number of nitrogens with two attached hydrogens (primary N) is 1. The Bertz CT molecular complexity index is 710. The summed E-state index contributed by atoms with van der Waals surface area (Å²) in [6.45, 7) is 8.77. The molecule has 0 aliphatic heterocycles. The fourth-order valence-electron chi connectivity index (χ4n) is 3.22. The summed E-state index contributed by atoms with van der Waals surface area (Å²) < 4.78 is 0. The summed E-state index contributed by atoms with van der Waals surface area (Å²) in [5, 5.41) is 5.13. The van der Waals surface area contributed by atoms with Gasteiger partial charge in [-0.25, -0.2) is 0 Å². The number of rotatable bonds is 3. The normalized spacial score (nSPS) is 12.9. The average Bonchev–Trinajstić information content (AvgIpc) is 2.90. The van der Waals surface area contributed by atoms with Gasteiger partial charge in [0.2, 0.25) is 5.91 Å². The second kappa shape index (κ2) is 8.03. The maximum atomic E-state index is 9.92. The van der Waals surface area contributed by atoms with Crippen molar-refractivity contribution >= 4 is 11.8 Å². The van der Waals surface area contributed by atoms with Gasteiger partial charge in [-0.15, -0.1) is 0 Å². The standard InChI is InChI=1S/C15H15Si.C4H9NO.2CH3.Ti/c1-16(2)15-13-9-5-3-7-11(13)12-8-4-6-10-14(12)15;1-3(2)4(5)6;;;/h3-10,15H,1-2H3;3H,1-2H3,(H2,5,6);2*1H3;. The van der Waals surface area contributed by atoms with Crippen molar-refractivity contribution in [1.29, 1.82) is 0 Å². The third-order valence-electron chi connectivity index (χ3n) is 5.41. The van der Waals surface area contributed by atoms with Gasteiger partial charge in [-0.2, -0.15) is 0 Å². The fraction of sp³-hybridized carbons (Fsp3) is 0.381. The van der Waals surface area contributed by atoms with Gasteiger partial charge in [-0.05, 0) is 0 Å². The second-order valence-electron chi connectivity index (χ2n) is 7.89. The predicted molar refractivity (Wildman–Crippen MR) is 107 cm³/mol. The van der Waals surface area contributed by atoms with Gasteiger partial charge in [0.1, 0.15) is 0 Å². The minimum atomic E-state index is -1.18. The molecule has 0 radical (unpaired) electrons. The number of benzene rings is 2. The molecule has 25 heavy (non-hydrogen) atoms. The molecule has 0 aromatic heterocycles. The molecule has 1 aliphatic rings. The number of carbonyl (C=O) groups is 1. The minimum absolute atomic E-state index is 0.00926. The molecule has 1 aliphatic carbocycles. The Kier molecular flexibility index (Phi) is 6.47. The number of carbonyl (C=O) groups excluding carboxylic acids is 1. The molecule has 0 heterocycles. The van der Waals surface area contributed by atoms with Crippen LogP contribution >= 0.6 is 0 Å². The van der Waals surface area contributed by atoms with Crippen LogP contribution in [0.5, 0.6) is 0 Å². The maximum absolute atomic E-state index is 9.92. The molecule has 0 spiro atoms. The van der Waals surface area contributed by atoms with Gasteiger partial charge in [-0.3, -0.25) is 4.79 Å². The van der Waals surface area contributed by atoms with E-state index >= 15 is 0 Å². The number of hydrogen-bond donors (Lipinski definition) is 1. The molecule has 2 nitrogen and oxygen atoms in total. The van der Waals surface area contributed by atoms with Crippen LogP contribution in [-0.2, 0) is 21.9 Å². The molecule has 1 amide bonds. The van der Waals surface area contributed by atoms with Crippen molar-refractivity contribution in [2.45, 2.75) is 42.9 Å². The zero-order valence-corrected chi connectivity index (χ0v) is 18.8. The molecular formula is C21H30NOSiTi. The molecule has 2 aromatic rings. The Morgan fingerprint density at radius 3 is 1.64 bits per heavy atom. The van der Waals surface area contributed by atoms with Crippen LogP contribution in [-0.4, -0.2) is 11.8 Å². The summed E-state index contributed by atoms with van der Waals surface area (Å²) in [6.07, 6.45) is 0. The van der Waals surface area contributed by atoms with Crippen LogP contribution in [0.1, 0.15) is 30.5 Å². The topological polar surface area (TPSA) is 43.1 Å². The summed E-state index contributed by atoms with van der Waals surface area (Å²) in [4.78, 5) is 9.92. The van der Waals surface area contributed by atoms with Crippen LogP contribution in [0.25, 0.3) is 11.1 Å². The van der Waals surface area contributed by atoms with Crippen LogP contribution in [0, 0.1) is 5.92 Å². The van der Waals surface area contributed by atoms with Gasteiger partial charge in [0.15, 0.2) is 0 Å². The Balaban J connectivity index is 0.000000326. The summed E-state index contributed by atoms with van der Waals surface area (Å²) in [5.41, 5.74) is 11.7. The van der Waals surface area contributed by atoms with E-state index < -0.39 is 23.1 Å². The predicted octanol–water partition coefficient (Wildman–Crippen LogP) is 5.39. The Morgan fingerprint density at radius 2 is 1.32 bits per heavy atom. The second-order valence-corrected chi connectivity index (χ2v) is 25.2. The molecule has 0 atom stereocenters. The number of amides is 1. The molecule has 0 fully saturated rings. The monoisotopic (exact) mass is 388 g/mol. The van der Waals surface area contributed by atoms with Crippen molar-refractivity contribution < 1.29 is 21.9 Å². The van der Waals surface area contributed by atoms with Gasteiger partial charge in [0.05, 0.1) is 0 Å². The van der Waals surface area contributed by atoms with Crippen molar-refractivity contribution in [1.82, 2.24) is 0 Å². The van der Waals surface area contributed by atoms with Gasteiger partial charge >= 0.3 is 123 Å². The molecule has 0 bridgehead atoms. The third kappa shape index (κ3) is 4.16. The number of primary amides is 1. The van der Waals surface area contributed by atoms with E-state index in [1.807, 2.05) is 0 Å². The molecule has 0 saturated heterocycles. The molecule has 2 aromatic carbocycles. The van der Waals surface area contributed by atoms with Gasteiger partial charge in [-0.1, -0.05) is 13.8 Å². The van der Waals surface area contributed by atoms with E-state index in [0.717, 1.165) is 5.54 Å². The van der Waals surface area contributed by atoms with Crippen LogP contribution in [0.15, 0.2) is 48.5 Å². The molecule has 2 N–H and O–H groups in total. The molecule has 0 unspecified atom stereocenters. The Labute approximate surface area is 158 Å². The van der Waals surface area contributed by atoms with E-state index in [9.17, 15) is 4.79 Å². The first-order valence-corrected chi connectivity index (χ1v) is 17.5. The summed E-state index contributed by atoms with van der Waals surface area (Å²) in [7, 11) is 0. The van der Waals surface area contributed by atoms with Crippen molar-refractivity contribution in [2.24, 2.45) is 11.7 Å². The van der Waals surface area contributed by atoms with E-state index in [-0.39, 0.29) is 11.8 Å². The first kappa shape index (κ1) is 20.2. The quantitative estimate of drug-likeness (QED) is 0.705. The zero-order chi connectivity index (χ0) is 18.8. The van der Waals surface area contributed by atoms with Gasteiger partial charge in [0.25, 0.3) is 0 Å². The van der Waals surface area contributed by atoms with Crippen LogP contribution in [0.4, 0.5) is 0 Å². The summed E-state index contributed by atoms with van der Waals surface area (Å²) >= 11 is -0.892. The van der Waals surface area contributed by atoms with E-state index in [1.54, 1.807) is 25.0 Å². The molecule has 3 rings (SSSR count). The average molecular weight is 388 g/mol. The Hall–Kier alpha value is -1.16. The number of hydrogen-bond acceptors (Lipinski definition) is 1. The van der Waals surface area contributed by atoms with E-state index in [1.165, 1.54) is 11.1 Å². The molecule has 0 saturated carbocycles. The van der Waals surface area contributed by atoms with Crippen LogP contribution < -0.4 is 5.73 Å². The first-order valence-electron chi connectivity index (χ1n) is 8.96. The van der Waals surface area contributed by atoms with Gasteiger partial charge < -0.3 is 5.73 Å². The summed E-state index contributed by atoms with van der Waals surface area (Å²) in [5.74, 6) is -1.43. The van der Waals surface area contributed by atoms with E-state index in [2.05, 4.69) is 72.1 Å². The fourth-order valence-corrected chi connectivity index (χ4v) is 10.0. The van der Waals surface area contributed by atoms with Crippen molar-refractivity contribution in [3.8, 4) is 11.1 Å². The first-order chi connectivity index (χ1) is 11.7. The number of fused-ring (bicyclic) bond motifs is 3.